The predicted molar refractivity (Wildman–Crippen MR) is 125 cm³/mol. The summed E-state index contributed by atoms with van der Waals surface area (Å²) in [6.07, 6.45) is 3.32. The summed E-state index contributed by atoms with van der Waals surface area (Å²) >= 11 is 9.47. The summed E-state index contributed by atoms with van der Waals surface area (Å²) in [6, 6.07) is 10.2. The second-order valence-electron chi connectivity index (χ2n) is 6.88. The van der Waals surface area contributed by atoms with E-state index in [9.17, 15) is 9.65 Å². The Balaban J connectivity index is 1.69. The van der Waals surface area contributed by atoms with Gasteiger partial charge in [0.2, 0.25) is 0 Å². The molecule has 0 aliphatic carbocycles. The van der Waals surface area contributed by atoms with Gasteiger partial charge in [0, 0.05) is 34.0 Å². The number of nitrogens with one attached hydrogen (secondary N) is 2. The van der Waals surface area contributed by atoms with E-state index >= 15 is 0 Å². The minimum Gasteiger partial charge on any atom is -0.379 e. The van der Waals surface area contributed by atoms with E-state index in [4.69, 9.17) is 17.3 Å². The number of anilines is 3. The van der Waals surface area contributed by atoms with Crippen LogP contribution in [0, 0.1) is 17.1 Å². The van der Waals surface area contributed by atoms with E-state index < -0.39 is 5.82 Å². The first kappa shape index (κ1) is 22.0. The predicted octanol–water partition coefficient (Wildman–Crippen LogP) is 4.57. The number of halogens is 3. The van der Waals surface area contributed by atoms with E-state index in [1.54, 1.807) is 10.7 Å². The number of nitriles is 1. The Labute approximate surface area is 196 Å². The van der Waals surface area contributed by atoms with Gasteiger partial charge in [-0.1, -0.05) is 16.8 Å². The highest BCUT2D eigenvalue weighted by molar-refractivity contribution is 9.10. The summed E-state index contributed by atoms with van der Waals surface area (Å²) in [5, 5.41) is 24.9. The number of hydrogen-bond acceptors (Lipinski definition) is 7. The van der Waals surface area contributed by atoms with Crippen LogP contribution in [0.2, 0.25) is 5.02 Å². The van der Waals surface area contributed by atoms with Gasteiger partial charge in [-0.2, -0.15) is 5.26 Å². The molecule has 0 radical (unpaired) electrons. The zero-order valence-electron chi connectivity index (χ0n) is 16.6. The zero-order chi connectivity index (χ0) is 22.7. The SMILES string of the molecule is N#Cc1cnc2c(Br)cc(NCc3cn(CCN)nn3)cc2c1Nc1ccc(F)c(Cl)c1. The largest absolute Gasteiger partial charge is 0.379 e. The number of nitrogens with two attached hydrogens (primary N) is 1. The molecule has 0 saturated carbocycles. The fraction of sp³-hybridized carbons (Fsp3) is 0.143. The fourth-order valence-electron chi connectivity index (χ4n) is 3.15. The van der Waals surface area contributed by atoms with Crippen molar-refractivity contribution in [1.82, 2.24) is 20.0 Å². The lowest BCUT2D eigenvalue weighted by Gasteiger charge is -2.14. The molecule has 4 rings (SSSR count). The Morgan fingerprint density at radius 2 is 2.09 bits per heavy atom. The van der Waals surface area contributed by atoms with Crippen molar-refractivity contribution in [3.63, 3.8) is 0 Å². The number of fused-ring (bicyclic) bond motifs is 1. The van der Waals surface area contributed by atoms with Gasteiger partial charge in [-0.25, -0.2) is 4.39 Å². The molecule has 0 saturated heterocycles. The highest BCUT2D eigenvalue weighted by Gasteiger charge is 2.14. The molecule has 4 aromatic rings. The molecule has 8 nitrogen and oxygen atoms in total. The lowest BCUT2D eigenvalue weighted by molar-refractivity contribution is 0.598. The maximum absolute atomic E-state index is 13.6. The third kappa shape index (κ3) is 4.65. The monoisotopic (exact) mass is 514 g/mol. The summed E-state index contributed by atoms with van der Waals surface area (Å²) in [5.74, 6) is -0.519. The molecule has 0 atom stereocenters. The van der Waals surface area contributed by atoms with Crippen molar-refractivity contribution in [3.05, 3.63) is 69.3 Å². The summed E-state index contributed by atoms with van der Waals surface area (Å²) < 4.78 is 16.0. The maximum Gasteiger partial charge on any atom is 0.141 e. The molecule has 0 fully saturated rings. The lowest BCUT2D eigenvalue weighted by Crippen LogP contribution is -2.10. The number of rotatable bonds is 7. The van der Waals surface area contributed by atoms with E-state index in [1.165, 1.54) is 18.3 Å². The molecular formula is C21H17BrClFN8. The second kappa shape index (κ2) is 9.48. The van der Waals surface area contributed by atoms with Crippen molar-refractivity contribution < 1.29 is 4.39 Å². The van der Waals surface area contributed by atoms with Crippen molar-refractivity contribution >= 4 is 55.5 Å². The van der Waals surface area contributed by atoms with Gasteiger partial charge < -0.3 is 16.4 Å². The molecule has 162 valence electrons. The van der Waals surface area contributed by atoms with Crippen LogP contribution in [0.3, 0.4) is 0 Å². The maximum atomic E-state index is 13.6. The molecule has 32 heavy (non-hydrogen) atoms. The van der Waals surface area contributed by atoms with Crippen molar-refractivity contribution in [2.24, 2.45) is 5.73 Å². The molecule has 0 aliphatic rings. The Hall–Kier alpha value is -3.26. The van der Waals surface area contributed by atoms with E-state index in [2.05, 4.69) is 47.9 Å². The van der Waals surface area contributed by atoms with Crippen LogP contribution >= 0.6 is 27.5 Å². The van der Waals surface area contributed by atoms with Gasteiger partial charge in [0.15, 0.2) is 0 Å². The molecule has 0 unspecified atom stereocenters. The average molecular weight is 516 g/mol. The summed E-state index contributed by atoms with van der Waals surface area (Å²) in [4.78, 5) is 4.41. The first-order chi connectivity index (χ1) is 15.5. The van der Waals surface area contributed by atoms with Crippen LogP contribution in [-0.2, 0) is 13.1 Å². The van der Waals surface area contributed by atoms with Crippen LogP contribution in [0.4, 0.5) is 21.5 Å². The van der Waals surface area contributed by atoms with Gasteiger partial charge >= 0.3 is 0 Å². The lowest BCUT2D eigenvalue weighted by atomic mass is 10.1. The highest BCUT2D eigenvalue weighted by Crippen LogP contribution is 2.35. The smallest absolute Gasteiger partial charge is 0.141 e. The van der Waals surface area contributed by atoms with E-state index in [1.807, 2.05) is 18.3 Å². The second-order valence-corrected chi connectivity index (χ2v) is 8.14. The van der Waals surface area contributed by atoms with Crippen LogP contribution in [-0.4, -0.2) is 26.5 Å². The Bertz CT molecular complexity index is 1330. The van der Waals surface area contributed by atoms with Crippen LogP contribution in [0.25, 0.3) is 10.9 Å². The number of aromatic nitrogens is 4. The first-order valence-electron chi connectivity index (χ1n) is 9.56. The zero-order valence-corrected chi connectivity index (χ0v) is 19.0. The summed E-state index contributed by atoms with van der Waals surface area (Å²) in [7, 11) is 0. The van der Waals surface area contributed by atoms with Gasteiger partial charge in [0.1, 0.15) is 17.6 Å². The third-order valence-corrected chi connectivity index (χ3v) is 5.55. The van der Waals surface area contributed by atoms with Gasteiger partial charge in [-0.3, -0.25) is 9.67 Å². The number of nitrogens with zero attached hydrogens (tertiary/aromatic N) is 5. The molecule has 0 aliphatic heterocycles. The molecule has 0 spiro atoms. The molecule has 2 aromatic heterocycles. The fourth-order valence-corrected chi connectivity index (χ4v) is 3.90. The standard InChI is InChI=1S/C21H17BrClFN8/c22-17-6-14(27-10-15-11-32(4-3-25)31-30-15)5-16-20(12(8-26)9-28-21(16)17)29-13-1-2-19(24)18(23)7-13/h1-2,5-7,9,11,27H,3-4,10,25H2,(H,28,29). The van der Waals surface area contributed by atoms with Crippen LogP contribution < -0.4 is 16.4 Å². The van der Waals surface area contributed by atoms with E-state index in [-0.39, 0.29) is 5.02 Å². The highest BCUT2D eigenvalue weighted by atomic mass is 79.9. The Morgan fingerprint density at radius 1 is 1.25 bits per heavy atom. The normalized spacial score (nSPS) is 10.8. The van der Waals surface area contributed by atoms with Crippen LogP contribution in [0.1, 0.15) is 11.3 Å². The molecule has 0 bridgehead atoms. The average Bonchev–Trinajstić information content (AvgIpc) is 3.23. The Morgan fingerprint density at radius 3 is 2.84 bits per heavy atom. The topological polar surface area (TPSA) is 117 Å². The summed E-state index contributed by atoms with van der Waals surface area (Å²) in [5.41, 5.74) is 9.18. The van der Waals surface area contributed by atoms with E-state index in [0.29, 0.717) is 47.5 Å². The molecule has 2 heterocycles. The molecule has 2 aromatic carbocycles. The molecule has 11 heteroatoms. The van der Waals surface area contributed by atoms with Gasteiger partial charge in [0.05, 0.1) is 41.1 Å². The van der Waals surface area contributed by atoms with Crippen molar-refractivity contribution in [2.45, 2.75) is 13.1 Å². The minimum atomic E-state index is -0.519. The van der Waals surface area contributed by atoms with Crippen LogP contribution in [0.5, 0.6) is 0 Å². The van der Waals surface area contributed by atoms with Gasteiger partial charge in [0.25, 0.3) is 0 Å². The number of hydrogen-bond donors (Lipinski definition) is 3. The van der Waals surface area contributed by atoms with Crippen molar-refractivity contribution in [2.75, 3.05) is 17.2 Å². The van der Waals surface area contributed by atoms with Gasteiger partial charge in [-0.05, 0) is 46.3 Å². The number of pyridine rings is 1. The summed E-state index contributed by atoms with van der Waals surface area (Å²) in [6.45, 7) is 1.53. The van der Waals surface area contributed by atoms with Crippen LogP contribution in [0.15, 0.2) is 47.2 Å². The molecule has 4 N–H and O–H groups in total. The van der Waals surface area contributed by atoms with E-state index in [0.717, 1.165) is 15.9 Å². The van der Waals surface area contributed by atoms with Crippen molar-refractivity contribution in [1.29, 1.82) is 5.26 Å². The minimum absolute atomic E-state index is 0.0157. The molecular weight excluding hydrogens is 499 g/mol. The van der Waals surface area contributed by atoms with Crippen molar-refractivity contribution in [3.8, 4) is 6.07 Å². The third-order valence-electron chi connectivity index (χ3n) is 4.65. The number of benzene rings is 2. The first-order valence-corrected chi connectivity index (χ1v) is 10.7. The Kier molecular flexibility index (Phi) is 6.50. The quantitative estimate of drug-likeness (QED) is 0.330. The van der Waals surface area contributed by atoms with Gasteiger partial charge in [-0.15, -0.1) is 5.10 Å². The molecule has 0 amide bonds.